The summed E-state index contributed by atoms with van der Waals surface area (Å²) in [5, 5.41) is 3.58. The molecule has 0 spiro atoms. The third kappa shape index (κ3) is 6.53. The molecule has 0 amide bonds. The maximum Gasteiger partial charge on any atom is 0.0233 e. The number of hydrogen-bond acceptors (Lipinski definition) is 2. The molecule has 0 heterocycles. The highest BCUT2D eigenvalue weighted by Crippen LogP contribution is 2.17. The van der Waals surface area contributed by atoms with Crippen molar-refractivity contribution in [2.24, 2.45) is 11.3 Å². The zero-order chi connectivity index (χ0) is 15.2. The van der Waals surface area contributed by atoms with Crippen molar-refractivity contribution < 1.29 is 0 Å². The van der Waals surface area contributed by atoms with Gasteiger partial charge in [0.1, 0.15) is 0 Å². The van der Waals surface area contributed by atoms with Gasteiger partial charge in [0, 0.05) is 19.6 Å². The van der Waals surface area contributed by atoms with E-state index in [2.05, 4.69) is 76.1 Å². The number of nitrogens with one attached hydrogen (secondary N) is 1. The van der Waals surface area contributed by atoms with Crippen molar-refractivity contribution >= 4 is 0 Å². The van der Waals surface area contributed by atoms with Crippen LogP contribution < -0.4 is 5.32 Å². The topological polar surface area (TPSA) is 15.3 Å². The molecule has 0 unspecified atom stereocenters. The van der Waals surface area contributed by atoms with Crippen LogP contribution in [0.15, 0.2) is 24.3 Å². The zero-order valence-corrected chi connectivity index (χ0v) is 14.2. The molecule has 1 rings (SSSR count). The summed E-state index contributed by atoms with van der Waals surface area (Å²) < 4.78 is 0. The van der Waals surface area contributed by atoms with Crippen LogP contribution in [0.3, 0.4) is 0 Å². The molecule has 0 atom stereocenters. The lowest BCUT2D eigenvalue weighted by atomic mass is 9.92. The molecule has 0 saturated carbocycles. The van der Waals surface area contributed by atoms with Gasteiger partial charge in [-0.3, -0.25) is 0 Å². The number of rotatable bonds is 8. The van der Waals surface area contributed by atoms with E-state index in [-0.39, 0.29) is 0 Å². The quantitative estimate of drug-likeness (QED) is 0.779. The van der Waals surface area contributed by atoms with E-state index in [0.29, 0.717) is 5.41 Å². The Kier molecular flexibility index (Phi) is 6.70. The molecule has 2 heteroatoms. The van der Waals surface area contributed by atoms with Gasteiger partial charge in [-0.25, -0.2) is 0 Å². The first-order chi connectivity index (χ1) is 9.30. The molecule has 0 aliphatic carbocycles. The highest BCUT2D eigenvalue weighted by atomic mass is 15.1. The van der Waals surface area contributed by atoms with Gasteiger partial charge < -0.3 is 10.2 Å². The third-order valence-corrected chi connectivity index (χ3v) is 3.56. The molecule has 0 aromatic heterocycles. The van der Waals surface area contributed by atoms with E-state index in [1.54, 1.807) is 0 Å². The predicted molar refractivity (Wildman–Crippen MR) is 89.0 cm³/mol. The average molecular weight is 276 g/mol. The van der Waals surface area contributed by atoms with Gasteiger partial charge in [0.05, 0.1) is 0 Å². The van der Waals surface area contributed by atoms with Gasteiger partial charge in [0.25, 0.3) is 0 Å². The van der Waals surface area contributed by atoms with Crippen LogP contribution in [0.5, 0.6) is 0 Å². The van der Waals surface area contributed by atoms with Gasteiger partial charge in [0.2, 0.25) is 0 Å². The molecule has 0 bridgehead atoms. The molecule has 20 heavy (non-hydrogen) atoms. The lowest BCUT2D eigenvalue weighted by Crippen LogP contribution is -2.39. The van der Waals surface area contributed by atoms with Gasteiger partial charge >= 0.3 is 0 Å². The Balaban J connectivity index is 2.44. The first-order valence-corrected chi connectivity index (χ1v) is 7.74. The third-order valence-electron chi connectivity index (χ3n) is 3.56. The van der Waals surface area contributed by atoms with Crippen molar-refractivity contribution in [2.75, 3.05) is 26.7 Å². The Hall–Kier alpha value is -0.860. The smallest absolute Gasteiger partial charge is 0.0233 e. The van der Waals surface area contributed by atoms with Gasteiger partial charge in [-0.1, -0.05) is 52.0 Å². The van der Waals surface area contributed by atoms with Crippen molar-refractivity contribution in [3.05, 3.63) is 35.4 Å². The Bertz CT molecular complexity index is 396. The predicted octanol–water partition coefficient (Wildman–Crippen LogP) is 3.70. The van der Waals surface area contributed by atoms with E-state index >= 15 is 0 Å². The molecule has 0 aliphatic rings. The molecule has 114 valence electrons. The highest BCUT2D eigenvalue weighted by molar-refractivity contribution is 5.25. The van der Waals surface area contributed by atoms with E-state index in [0.717, 1.165) is 32.1 Å². The fourth-order valence-electron chi connectivity index (χ4n) is 2.62. The van der Waals surface area contributed by atoms with Crippen LogP contribution in [0.2, 0.25) is 0 Å². The van der Waals surface area contributed by atoms with Gasteiger partial charge in [-0.15, -0.1) is 0 Å². The lowest BCUT2D eigenvalue weighted by Gasteiger charge is -2.31. The molecule has 0 fully saturated rings. The minimum atomic E-state index is 0.298. The zero-order valence-electron chi connectivity index (χ0n) is 14.2. The summed E-state index contributed by atoms with van der Waals surface area (Å²) in [6.45, 7) is 15.7. The van der Waals surface area contributed by atoms with Crippen LogP contribution in [0.1, 0.15) is 38.8 Å². The van der Waals surface area contributed by atoms with E-state index in [1.165, 1.54) is 11.1 Å². The molecule has 1 N–H and O–H groups in total. The van der Waals surface area contributed by atoms with Crippen LogP contribution in [-0.2, 0) is 6.54 Å². The molecule has 1 aromatic carbocycles. The van der Waals surface area contributed by atoms with Crippen LogP contribution in [0.25, 0.3) is 0 Å². The summed E-state index contributed by atoms with van der Waals surface area (Å²) in [6, 6.07) is 8.67. The molecule has 2 nitrogen and oxygen atoms in total. The average Bonchev–Trinajstić information content (AvgIpc) is 2.30. The summed E-state index contributed by atoms with van der Waals surface area (Å²) in [4.78, 5) is 2.43. The monoisotopic (exact) mass is 276 g/mol. The molecule has 0 saturated heterocycles. The Labute approximate surface area is 125 Å². The summed E-state index contributed by atoms with van der Waals surface area (Å²) in [5.74, 6) is 0.718. The van der Waals surface area contributed by atoms with Crippen molar-refractivity contribution in [3.8, 4) is 0 Å². The van der Waals surface area contributed by atoms with E-state index < -0.39 is 0 Å². The minimum absolute atomic E-state index is 0.298. The number of nitrogens with zero attached hydrogens (tertiary/aromatic N) is 1. The van der Waals surface area contributed by atoms with Crippen LogP contribution in [0.4, 0.5) is 0 Å². The van der Waals surface area contributed by atoms with Gasteiger partial charge in [0.15, 0.2) is 0 Å². The standard InChI is InChI=1S/C18H32N2/c1-15(2)11-19-13-18(4,5)14-20(6)12-17-10-8-7-9-16(17)3/h7-10,15,19H,11-14H2,1-6H3. The normalized spacial score (nSPS) is 12.4. The summed E-state index contributed by atoms with van der Waals surface area (Å²) in [6.07, 6.45) is 0. The van der Waals surface area contributed by atoms with Crippen LogP contribution in [-0.4, -0.2) is 31.6 Å². The molecular weight excluding hydrogens is 244 g/mol. The van der Waals surface area contributed by atoms with E-state index in [4.69, 9.17) is 0 Å². The summed E-state index contributed by atoms with van der Waals surface area (Å²) in [5.41, 5.74) is 3.11. The Morgan fingerprint density at radius 2 is 1.85 bits per heavy atom. The molecule has 1 aromatic rings. The Morgan fingerprint density at radius 3 is 2.45 bits per heavy atom. The largest absolute Gasteiger partial charge is 0.316 e. The second kappa shape index (κ2) is 7.80. The maximum atomic E-state index is 3.58. The molecule has 0 aliphatic heterocycles. The number of hydrogen-bond donors (Lipinski definition) is 1. The van der Waals surface area contributed by atoms with Gasteiger partial charge in [-0.05, 0) is 43.0 Å². The van der Waals surface area contributed by atoms with Crippen LogP contribution >= 0.6 is 0 Å². The van der Waals surface area contributed by atoms with Crippen molar-refractivity contribution in [1.82, 2.24) is 10.2 Å². The molecular formula is C18H32N2. The van der Waals surface area contributed by atoms with Gasteiger partial charge in [-0.2, -0.15) is 0 Å². The fourth-order valence-corrected chi connectivity index (χ4v) is 2.62. The first-order valence-electron chi connectivity index (χ1n) is 7.74. The van der Waals surface area contributed by atoms with E-state index in [1.807, 2.05) is 0 Å². The second-order valence-corrected chi connectivity index (χ2v) is 7.29. The Morgan fingerprint density at radius 1 is 1.20 bits per heavy atom. The second-order valence-electron chi connectivity index (χ2n) is 7.29. The molecule has 0 radical (unpaired) electrons. The number of benzene rings is 1. The van der Waals surface area contributed by atoms with Crippen molar-refractivity contribution in [3.63, 3.8) is 0 Å². The number of aryl methyl sites for hydroxylation is 1. The van der Waals surface area contributed by atoms with Crippen molar-refractivity contribution in [1.29, 1.82) is 0 Å². The highest BCUT2D eigenvalue weighted by Gasteiger charge is 2.20. The fraction of sp³-hybridized carbons (Fsp3) is 0.667. The summed E-state index contributed by atoms with van der Waals surface area (Å²) in [7, 11) is 2.22. The van der Waals surface area contributed by atoms with E-state index in [9.17, 15) is 0 Å². The van der Waals surface area contributed by atoms with Crippen molar-refractivity contribution in [2.45, 2.75) is 41.2 Å². The summed E-state index contributed by atoms with van der Waals surface area (Å²) >= 11 is 0. The first kappa shape index (κ1) is 17.2. The minimum Gasteiger partial charge on any atom is -0.316 e. The lowest BCUT2D eigenvalue weighted by molar-refractivity contribution is 0.197. The van der Waals surface area contributed by atoms with Crippen LogP contribution in [0, 0.1) is 18.3 Å². The SMILES string of the molecule is Cc1ccccc1CN(C)CC(C)(C)CNCC(C)C. The maximum absolute atomic E-state index is 3.58.